The summed E-state index contributed by atoms with van der Waals surface area (Å²) in [6.07, 6.45) is 4.43. The maximum absolute atomic E-state index is 11.6. The summed E-state index contributed by atoms with van der Waals surface area (Å²) in [6, 6.07) is 3.80. The Morgan fingerprint density at radius 2 is 1.95 bits per heavy atom. The summed E-state index contributed by atoms with van der Waals surface area (Å²) in [5, 5.41) is 11.1. The molecule has 1 N–H and O–H groups in total. The van der Waals surface area contributed by atoms with E-state index in [-0.39, 0.29) is 11.8 Å². The Bertz CT molecular complexity index is 447. The molecule has 1 aromatic rings. The van der Waals surface area contributed by atoms with Gasteiger partial charge in [-0.3, -0.25) is 4.79 Å². The number of aromatic nitrogens is 2. The molecular formula is C14H20N4O. The van der Waals surface area contributed by atoms with Gasteiger partial charge in [0.1, 0.15) is 0 Å². The van der Waals surface area contributed by atoms with Crippen LogP contribution in [0.2, 0.25) is 0 Å². The summed E-state index contributed by atoms with van der Waals surface area (Å²) in [4.78, 5) is 13.9. The zero-order valence-corrected chi connectivity index (χ0v) is 11.3. The molecule has 102 valence electrons. The highest BCUT2D eigenvalue weighted by Crippen LogP contribution is 2.30. The van der Waals surface area contributed by atoms with Crippen LogP contribution in [0.3, 0.4) is 0 Å². The van der Waals surface area contributed by atoms with Gasteiger partial charge in [0.2, 0.25) is 5.91 Å². The van der Waals surface area contributed by atoms with Gasteiger partial charge in [-0.2, -0.15) is 0 Å². The molecule has 1 aromatic heterocycles. The van der Waals surface area contributed by atoms with Gasteiger partial charge in [-0.15, -0.1) is 10.2 Å². The molecule has 2 fully saturated rings. The Labute approximate surface area is 113 Å². The van der Waals surface area contributed by atoms with E-state index in [1.165, 1.54) is 12.8 Å². The van der Waals surface area contributed by atoms with Crippen LogP contribution in [0.4, 0.5) is 11.6 Å². The third-order valence-corrected chi connectivity index (χ3v) is 3.96. The van der Waals surface area contributed by atoms with Gasteiger partial charge in [-0.25, -0.2) is 0 Å². The molecule has 3 rings (SSSR count). The van der Waals surface area contributed by atoms with E-state index in [1.807, 2.05) is 12.1 Å². The molecule has 19 heavy (non-hydrogen) atoms. The number of amides is 1. The summed E-state index contributed by atoms with van der Waals surface area (Å²) >= 11 is 0. The lowest BCUT2D eigenvalue weighted by Crippen LogP contribution is -2.33. The van der Waals surface area contributed by atoms with Gasteiger partial charge in [-0.05, 0) is 43.7 Å². The van der Waals surface area contributed by atoms with Gasteiger partial charge in [0.05, 0.1) is 0 Å². The van der Waals surface area contributed by atoms with Crippen molar-refractivity contribution in [3.05, 3.63) is 12.1 Å². The Hall–Kier alpha value is -1.65. The van der Waals surface area contributed by atoms with E-state index < -0.39 is 0 Å². The van der Waals surface area contributed by atoms with Crippen molar-refractivity contribution in [3.63, 3.8) is 0 Å². The third-order valence-electron chi connectivity index (χ3n) is 3.96. The van der Waals surface area contributed by atoms with Crippen LogP contribution in [0.5, 0.6) is 0 Å². The van der Waals surface area contributed by atoms with Crippen LogP contribution >= 0.6 is 0 Å². The number of hydrogen-bond donors (Lipinski definition) is 1. The molecule has 1 aliphatic carbocycles. The zero-order chi connectivity index (χ0) is 13.2. The summed E-state index contributed by atoms with van der Waals surface area (Å²) in [5.41, 5.74) is 0. The van der Waals surface area contributed by atoms with E-state index in [1.54, 1.807) is 0 Å². The number of piperidine rings is 1. The summed E-state index contributed by atoms with van der Waals surface area (Å²) in [6.45, 7) is 4.38. The molecule has 5 heteroatoms. The third kappa shape index (κ3) is 3.03. The molecule has 0 atom stereocenters. The predicted octanol–water partition coefficient (Wildman–Crippen LogP) is 2.06. The number of anilines is 2. The minimum atomic E-state index is 0.0776. The van der Waals surface area contributed by atoms with Gasteiger partial charge >= 0.3 is 0 Å². The first-order valence-corrected chi connectivity index (χ1v) is 7.12. The first-order valence-electron chi connectivity index (χ1n) is 7.12. The van der Waals surface area contributed by atoms with Crippen molar-refractivity contribution in [1.82, 2.24) is 10.2 Å². The van der Waals surface area contributed by atoms with Crippen molar-refractivity contribution >= 4 is 17.5 Å². The first kappa shape index (κ1) is 12.4. The lowest BCUT2D eigenvalue weighted by Gasteiger charge is -2.30. The standard InChI is InChI=1S/C14H20N4O/c1-10-6-8-18(9-7-10)13-5-4-12(16-17-13)15-14(19)11-2-3-11/h4-5,10-11H,2-3,6-9H2,1H3,(H,15,16,19). The minimum absolute atomic E-state index is 0.0776. The molecule has 0 spiro atoms. The molecule has 1 saturated carbocycles. The fourth-order valence-electron chi connectivity index (χ4n) is 2.37. The molecule has 0 radical (unpaired) electrons. The normalized spacial score (nSPS) is 20.4. The van der Waals surface area contributed by atoms with E-state index in [4.69, 9.17) is 0 Å². The lowest BCUT2D eigenvalue weighted by molar-refractivity contribution is -0.117. The molecule has 1 amide bonds. The second kappa shape index (κ2) is 5.15. The van der Waals surface area contributed by atoms with Crippen molar-refractivity contribution in [2.24, 2.45) is 11.8 Å². The second-order valence-corrected chi connectivity index (χ2v) is 5.71. The smallest absolute Gasteiger partial charge is 0.228 e. The largest absolute Gasteiger partial charge is 0.355 e. The van der Waals surface area contributed by atoms with Crippen LogP contribution in [-0.4, -0.2) is 29.2 Å². The number of nitrogens with one attached hydrogen (secondary N) is 1. The Balaban J connectivity index is 1.60. The van der Waals surface area contributed by atoms with Gasteiger partial charge in [-0.1, -0.05) is 6.92 Å². The van der Waals surface area contributed by atoms with Gasteiger partial charge in [0, 0.05) is 19.0 Å². The second-order valence-electron chi connectivity index (χ2n) is 5.71. The zero-order valence-electron chi connectivity index (χ0n) is 11.3. The Morgan fingerprint density at radius 1 is 1.21 bits per heavy atom. The fourth-order valence-corrected chi connectivity index (χ4v) is 2.37. The highest BCUT2D eigenvalue weighted by molar-refractivity contribution is 5.93. The molecule has 0 aromatic carbocycles. The van der Waals surface area contributed by atoms with Crippen molar-refractivity contribution in [2.45, 2.75) is 32.6 Å². The summed E-state index contributed by atoms with van der Waals surface area (Å²) in [7, 11) is 0. The molecule has 1 saturated heterocycles. The lowest BCUT2D eigenvalue weighted by atomic mass is 9.99. The molecule has 0 unspecified atom stereocenters. The first-order chi connectivity index (χ1) is 9.22. The van der Waals surface area contributed by atoms with Crippen molar-refractivity contribution in [2.75, 3.05) is 23.3 Å². The predicted molar refractivity (Wildman–Crippen MR) is 74.0 cm³/mol. The van der Waals surface area contributed by atoms with E-state index in [9.17, 15) is 4.79 Å². The molecule has 2 heterocycles. The highest BCUT2D eigenvalue weighted by Gasteiger charge is 2.29. The number of hydrogen-bond acceptors (Lipinski definition) is 4. The van der Waals surface area contributed by atoms with Crippen LogP contribution < -0.4 is 10.2 Å². The van der Waals surface area contributed by atoms with Crippen LogP contribution in [0.25, 0.3) is 0 Å². The van der Waals surface area contributed by atoms with E-state index in [0.717, 1.165) is 37.7 Å². The number of nitrogens with zero attached hydrogens (tertiary/aromatic N) is 3. The van der Waals surface area contributed by atoms with Crippen molar-refractivity contribution < 1.29 is 4.79 Å². The van der Waals surface area contributed by atoms with Gasteiger partial charge in [0.15, 0.2) is 11.6 Å². The van der Waals surface area contributed by atoms with E-state index in [0.29, 0.717) is 5.82 Å². The van der Waals surface area contributed by atoms with Gasteiger partial charge < -0.3 is 10.2 Å². The SMILES string of the molecule is CC1CCN(c2ccc(NC(=O)C3CC3)nn2)CC1. The topological polar surface area (TPSA) is 58.1 Å². The van der Waals surface area contributed by atoms with Crippen LogP contribution in [0.1, 0.15) is 32.6 Å². The highest BCUT2D eigenvalue weighted by atomic mass is 16.2. The van der Waals surface area contributed by atoms with Crippen LogP contribution in [-0.2, 0) is 4.79 Å². The van der Waals surface area contributed by atoms with Crippen molar-refractivity contribution in [3.8, 4) is 0 Å². The molecule has 2 aliphatic rings. The monoisotopic (exact) mass is 260 g/mol. The van der Waals surface area contributed by atoms with Gasteiger partial charge in [0.25, 0.3) is 0 Å². The molecular weight excluding hydrogens is 240 g/mol. The minimum Gasteiger partial charge on any atom is -0.355 e. The molecule has 1 aliphatic heterocycles. The van der Waals surface area contributed by atoms with Crippen molar-refractivity contribution in [1.29, 1.82) is 0 Å². The average Bonchev–Trinajstić information content (AvgIpc) is 3.25. The summed E-state index contributed by atoms with van der Waals surface area (Å²) in [5.74, 6) is 2.56. The summed E-state index contributed by atoms with van der Waals surface area (Å²) < 4.78 is 0. The van der Waals surface area contributed by atoms with E-state index >= 15 is 0 Å². The molecule has 5 nitrogen and oxygen atoms in total. The van der Waals surface area contributed by atoms with Crippen LogP contribution in [0.15, 0.2) is 12.1 Å². The quantitative estimate of drug-likeness (QED) is 0.903. The maximum Gasteiger partial charge on any atom is 0.228 e. The molecule has 0 bridgehead atoms. The average molecular weight is 260 g/mol. The number of carbonyl (C=O) groups excluding carboxylic acids is 1. The number of rotatable bonds is 3. The fraction of sp³-hybridized carbons (Fsp3) is 0.643. The Kier molecular flexibility index (Phi) is 3.36. The maximum atomic E-state index is 11.6. The van der Waals surface area contributed by atoms with E-state index in [2.05, 4.69) is 27.3 Å². The Morgan fingerprint density at radius 3 is 2.53 bits per heavy atom. The number of carbonyl (C=O) groups is 1. The van der Waals surface area contributed by atoms with Crippen LogP contribution in [0, 0.1) is 11.8 Å².